The number of hydrogen-bond acceptors (Lipinski definition) is 4. The van der Waals surface area contributed by atoms with Crippen LogP contribution in [0.2, 0.25) is 0 Å². The van der Waals surface area contributed by atoms with Crippen LogP contribution in [0, 0.1) is 5.41 Å². The maximum atomic E-state index is 12.3. The second kappa shape index (κ2) is 6.55. The summed E-state index contributed by atoms with van der Waals surface area (Å²) in [7, 11) is 0. The number of nitrogens with zero attached hydrogens (tertiary/aromatic N) is 2. The molecule has 0 saturated carbocycles. The molecule has 1 aliphatic rings. The Hall–Kier alpha value is -2.44. The highest BCUT2D eigenvalue weighted by Gasteiger charge is 2.44. The summed E-state index contributed by atoms with van der Waals surface area (Å²) in [5.41, 5.74) is 5.25. The molecule has 1 aliphatic heterocycles. The first-order valence-corrected chi connectivity index (χ1v) is 7.14. The molecule has 7 heteroatoms. The number of amides is 3. The summed E-state index contributed by atoms with van der Waals surface area (Å²) in [5.74, 6) is -0.929. The average molecular weight is 304 g/mol. The van der Waals surface area contributed by atoms with Gasteiger partial charge in [-0.1, -0.05) is 13.0 Å². The highest BCUT2D eigenvalue weighted by molar-refractivity contribution is 5.92. The second-order valence-corrected chi connectivity index (χ2v) is 5.82. The normalized spacial score (nSPS) is 21.0. The zero-order chi connectivity index (χ0) is 16.2. The van der Waals surface area contributed by atoms with Crippen molar-refractivity contribution in [3.05, 3.63) is 30.1 Å². The van der Waals surface area contributed by atoms with Crippen LogP contribution < -0.4 is 11.1 Å². The first-order valence-electron chi connectivity index (χ1n) is 7.14. The summed E-state index contributed by atoms with van der Waals surface area (Å²) < 4.78 is 0. The number of likely N-dealkylation sites (tertiary alicyclic amines) is 1. The van der Waals surface area contributed by atoms with E-state index in [2.05, 4.69) is 10.3 Å². The van der Waals surface area contributed by atoms with Crippen molar-refractivity contribution in [3.63, 3.8) is 0 Å². The number of rotatable bonds is 6. The Bertz CT molecular complexity index is 575. The minimum absolute atomic E-state index is 0.0915. The lowest BCUT2D eigenvalue weighted by molar-refractivity contribution is -0.140. The van der Waals surface area contributed by atoms with Crippen molar-refractivity contribution >= 4 is 17.7 Å². The van der Waals surface area contributed by atoms with E-state index < -0.39 is 11.3 Å². The Balaban J connectivity index is 1.88. The minimum atomic E-state index is -0.769. The van der Waals surface area contributed by atoms with E-state index in [0.29, 0.717) is 19.5 Å². The van der Waals surface area contributed by atoms with Crippen molar-refractivity contribution in [2.45, 2.75) is 26.3 Å². The highest BCUT2D eigenvalue weighted by Crippen LogP contribution is 2.34. The molecule has 0 aliphatic carbocycles. The van der Waals surface area contributed by atoms with E-state index in [-0.39, 0.29) is 24.8 Å². The summed E-state index contributed by atoms with van der Waals surface area (Å²) in [5, 5.41) is 2.79. The second-order valence-electron chi connectivity index (χ2n) is 5.82. The van der Waals surface area contributed by atoms with Gasteiger partial charge in [0.15, 0.2) is 0 Å². The zero-order valence-corrected chi connectivity index (χ0v) is 12.5. The third kappa shape index (κ3) is 3.81. The number of nitrogens with one attached hydrogen (secondary N) is 1. The number of pyridine rings is 1. The molecule has 7 nitrogen and oxygen atoms in total. The number of hydrogen-bond donors (Lipinski definition) is 2. The molecular weight excluding hydrogens is 284 g/mol. The van der Waals surface area contributed by atoms with Crippen LogP contribution in [-0.2, 0) is 20.9 Å². The van der Waals surface area contributed by atoms with Gasteiger partial charge in [-0.25, -0.2) is 0 Å². The lowest BCUT2D eigenvalue weighted by Crippen LogP contribution is -2.40. The maximum Gasteiger partial charge on any atom is 0.237 e. The lowest BCUT2D eigenvalue weighted by atomic mass is 9.85. The minimum Gasteiger partial charge on any atom is -0.368 e. The number of carbonyl (C=O) groups is 3. The van der Waals surface area contributed by atoms with Crippen LogP contribution >= 0.6 is 0 Å². The number of aromatic nitrogens is 1. The Kier molecular flexibility index (Phi) is 4.75. The first kappa shape index (κ1) is 15.9. The monoisotopic (exact) mass is 304 g/mol. The van der Waals surface area contributed by atoms with Gasteiger partial charge in [-0.15, -0.1) is 0 Å². The van der Waals surface area contributed by atoms with Gasteiger partial charge in [-0.05, 0) is 18.1 Å². The van der Waals surface area contributed by atoms with Gasteiger partial charge in [0.25, 0.3) is 0 Å². The van der Waals surface area contributed by atoms with E-state index >= 15 is 0 Å². The van der Waals surface area contributed by atoms with Gasteiger partial charge in [0.1, 0.15) is 0 Å². The van der Waals surface area contributed by atoms with E-state index in [1.165, 1.54) is 4.90 Å². The van der Waals surface area contributed by atoms with E-state index in [0.717, 1.165) is 5.56 Å². The lowest BCUT2D eigenvalue weighted by Gasteiger charge is -2.22. The maximum absolute atomic E-state index is 12.3. The summed E-state index contributed by atoms with van der Waals surface area (Å²) in [6.07, 6.45) is 3.98. The van der Waals surface area contributed by atoms with Crippen molar-refractivity contribution in [1.82, 2.24) is 15.2 Å². The molecule has 0 spiro atoms. The molecule has 1 aromatic rings. The standard InChI is InChI=1S/C15H20N4O3/c1-15(4-6-19(14(15)22)10-12(16)20)7-13(21)18-9-11-3-2-5-17-8-11/h2-3,5,8H,4,6-7,9-10H2,1H3,(H2,16,20)(H,18,21). The van der Waals surface area contributed by atoms with Gasteiger partial charge in [-0.3, -0.25) is 19.4 Å². The molecule has 0 aromatic carbocycles. The van der Waals surface area contributed by atoms with Crippen molar-refractivity contribution in [1.29, 1.82) is 0 Å². The topological polar surface area (TPSA) is 105 Å². The molecule has 3 N–H and O–H groups in total. The third-order valence-corrected chi connectivity index (χ3v) is 3.85. The van der Waals surface area contributed by atoms with Crippen LogP contribution in [0.1, 0.15) is 25.3 Å². The molecule has 2 heterocycles. The summed E-state index contributed by atoms with van der Waals surface area (Å²) in [6, 6.07) is 3.66. The largest absolute Gasteiger partial charge is 0.368 e. The molecule has 1 fully saturated rings. The van der Waals surface area contributed by atoms with Crippen molar-refractivity contribution in [2.24, 2.45) is 11.1 Å². The molecule has 0 radical (unpaired) electrons. The van der Waals surface area contributed by atoms with Gasteiger partial charge in [0.05, 0.1) is 12.0 Å². The quantitative estimate of drug-likeness (QED) is 0.760. The molecule has 1 atom stereocenters. The Labute approximate surface area is 128 Å². The molecular formula is C15H20N4O3. The van der Waals surface area contributed by atoms with Crippen LogP contribution in [0.25, 0.3) is 0 Å². The van der Waals surface area contributed by atoms with Crippen LogP contribution in [-0.4, -0.2) is 40.7 Å². The van der Waals surface area contributed by atoms with E-state index in [9.17, 15) is 14.4 Å². The van der Waals surface area contributed by atoms with Gasteiger partial charge in [0.2, 0.25) is 17.7 Å². The van der Waals surface area contributed by atoms with Gasteiger partial charge in [0, 0.05) is 31.9 Å². The van der Waals surface area contributed by atoms with Gasteiger partial charge >= 0.3 is 0 Å². The predicted molar refractivity (Wildman–Crippen MR) is 79.2 cm³/mol. The molecule has 1 aromatic heterocycles. The fourth-order valence-corrected chi connectivity index (χ4v) is 2.60. The van der Waals surface area contributed by atoms with Gasteiger partial charge in [-0.2, -0.15) is 0 Å². The fourth-order valence-electron chi connectivity index (χ4n) is 2.60. The van der Waals surface area contributed by atoms with E-state index in [1.807, 2.05) is 6.07 Å². The SMILES string of the molecule is CC1(CC(=O)NCc2cccnc2)CCN(CC(N)=O)C1=O. The molecule has 0 bridgehead atoms. The molecule has 1 unspecified atom stereocenters. The average Bonchev–Trinajstić information content (AvgIpc) is 2.74. The number of nitrogens with two attached hydrogens (primary N) is 1. The Morgan fingerprint density at radius 1 is 1.50 bits per heavy atom. The predicted octanol–water partition coefficient (Wildman–Crippen LogP) is -0.188. The molecule has 22 heavy (non-hydrogen) atoms. The van der Waals surface area contributed by atoms with Crippen LogP contribution in [0.5, 0.6) is 0 Å². The molecule has 1 saturated heterocycles. The fraction of sp³-hybridized carbons (Fsp3) is 0.467. The van der Waals surface area contributed by atoms with Crippen LogP contribution in [0.4, 0.5) is 0 Å². The third-order valence-electron chi connectivity index (χ3n) is 3.85. The molecule has 3 amide bonds. The van der Waals surface area contributed by atoms with Crippen LogP contribution in [0.15, 0.2) is 24.5 Å². The number of primary amides is 1. The smallest absolute Gasteiger partial charge is 0.237 e. The zero-order valence-electron chi connectivity index (χ0n) is 12.5. The van der Waals surface area contributed by atoms with E-state index in [1.54, 1.807) is 25.4 Å². The van der Waals surface area contributed by atoms with Crippen LogP contribution in [0.3, 0.4) is 0 Å². The number of carbonyl (C=O) groups excluding carboxylic acids is 3. The summed E-state index contributed by atoms with van der Waals surface area (Å²) >= 11 is 0. The highest BCUT2D eigenvalue weighted by atomic mass is 16.2. The van der Waals surface area contributed by atoms with Crippen molar-refractivity contribution < 1.29 is 14.4 Å². The Morgan fingerprint density at radius 2 is 2.27 bits per heavy atom. The summed E-state index contributed by atoms with van der Waals surface area (Å²) in [6.45, 7) is 2.49. The molecule has 2 rings (SSSR count). The molecule has 118 valence electrons. The van der Waals surface area contributed by atoms with Crippen molar-refractivity contribution in [3.8, 4) is 0 Å². The Morgan fingerprint density at radius 3 is 2.91 bits per heavy atom. The van der Waals surface area contributed by atoms with Crippen molar-refractivity contribution in [2.75, 3.05) is 13.1 Å². The van der Waals surface area contributed by atoms with E-state index in [4.69, 9.17) is 5.73 Å². The first-order chi connectivity index (χ1) is 10.4. The van der Waals surface area contributed by atoms with Gasteiger partial charge < -0.3 is 16.0 Å². The summed E-state index contributed by atoms with van der Waals surface area (Å²) in [4.78, 5) is 40.7.